The van der Waals surface area contributed by atoms with Gasteiger partial charge in [0.25, 0.3) is 12.2 Å². The molecule has 3 N–H and O–H groups in total. The van der Waals surface area contributed by atoms with Crippen molar-refractivity contribution in [3.05, 3.63) is 22.7 Å². The van der Waals surface area contributed by atoms with E-state index in [9.17, 15) is 28.0 Å². The molecule has 15 heteroatoms. The van der Waals surface area contributed by atoms with Crippen molar-refractivity contribution in [1.29, 1.82) is 0 Å². The first-order valence-electron chi connectivity index (χ1n) is 11.8. The van der Waals surface area contributed by atoms with Crippen LogP contribution < -0.4 is 16.3 Å². The number of alkyl carbamates (subject to hydrolysis) is 1. The van der Waals surface area contributed by atoms with Gasteiger partial charge in [-0.05, 0) is 26.8 Å². The average Bonchev–Trinajstić information content (AvgIpc) is 3.09. The van der Waals surface area contributed by atoms with Crippen molar-refractivity contribution in [2.24, 2.45) is 10.8 Å². The van der Waals surface area contributed by atoms with Crippen LogP contribution in [0.2, 0.25) is 0 Å². The Kier molecular flexibility index (Phi) is 9.77. The minimum Gasteiger partial charge on any atom is -0.447 e. The zero-order valence-electron chi connectivity index (χ0n) is 22.1. The van der Waals surface area contributed by atoms with Gasteiger partial charge in [0.2, 0.25) is 6.23 Å². The number of hydrogen-bond donors (Lipinski definition) is 3. The van der Waals surface area contributed by atoms with Crippen LogP contribution in [-0.4, -0.2) is 70.9 Å². The minimum atomic E-state index is -3.40. The van der Waals surface area contributed by atoms with Crippen LogP contribution in [0.25, 0.3) is 0 Å². The van der Waals surface area contributed by atoms with E-state index in [2.05, 4.69) is 15.6 Å². The van der Waals surface area contributed by atoms with Crippen molar-refractivity contribution in [3.63, 3.8) is 0 Å². The molecule has 1 saturated heterocycles. The Balaban J connectivity index is 1.83. The number of esters is 1. The molecule has 38 heavy (non-hydrogen) atoms. The van der Waals surface area contributed by atoms with Crippen molar-refractivity contribution in [2.45, 2.75) is 72.5 Å². The number of ether oxygens (including phenoxy) is 4. The van der Waals surface area contributed by atoms with Crippen LogP contribution in [-0.2, 0) is 23.7 Å². The van der Waals surface area contributed by atoms with Crippen LogP contribution in [0, 0.1) is 10.8 Å². The van der Waals surface area contributed by atoms with Crippen molar-refractivity contribution in [2.75, 3.05) is 25.1 Å². The normalized spacial score (nSPS) is 19.8. The monoisotopic (exact) mass is 548 g/mol. The highest BCUT2D eigenvalue weighted by Gasteiger charge is 2.51. The standard InChI is InChI=1S/C23H34F2N4O9/c1-21(2,3)16(31)37-17(22(4,5)6)38-19(33)26-8-10-35-20(34)28-14-7-9-29(18(32)27-14)15-23(24,25)11-13(12-30)36-15/h7,9,13,15,17,30H,8,10-12H2,1-6H3,(H,26,33)(H,27,28,32,34)/t13?,15-,17?/m1/s1. The molecule has 2 amide bonds. The predicted molar refractivity (Wildman–Crippen MR) is 127 cm³/mol. The Morgan fingerprint density at radius 2 is 1.87 bits per heavy atom. The third-order valence-electron chi connectivity index (χ3n) is 5.05. The Bertz CT molecular complexity index is 1070. The van der Waals surface area contributed by atoms with E-state index in [1.807, 2.05) is 0 Å². The van der Waals surface area contributed by atoms with E-state index in [4.69, 9.17) is 24.1 Å². The van der Waals surface area contributed by atoms with Crippen LogP contribution in [0.15, 0.2) is 17.1 Å². The molecule has 2 rings (SSSR count). The number of amides is 2. The number of nitrogens with zero attached hydrogens (tertiary/aromatic N) is 2. The van der Waals surface area contributed by atoms with E-state index in [-0.39, 0.29) is 19.0 Å². The van der Waals surface area contributed by atoms with Crippen LogP contribution >= 0.6 is 0 Å². The number of alkyl halides is 2. The summed E-state index contributed by atoms with van der Waals surface area (Å²) < 4.78 is 49.2. The fourth-order valence-corrected chi connectivity index (χ4v) is 3.00. The summed E-state index contributed by atoms with van der Waals surface area (Å²) in [6.45, 7) is 9.05. The van der Waals surface area contributed by atoms with Gasteiger partial charge in [-0.3, -0.25) is 14.7 Å². The number of aliphatic hydroxyl groups is 1. The van der Waals surface area contributed by atoms with Crippen molar-refractivity contribution in [3.8, 4) is 0 Å². The molecule has 2 heterocycles. The molecule has 0 saturated carbocycles. The summed E-state index contributed by atoms with van der Waals surface area (Å²) in [6, 6.07) is 1.09. The fourth-order valence-electron chi connectivity index (χ4n) is 3.00. The van der Waals surface area contributed by atoms with Gasteiger partial charge >= 0.3 is 23.8 Å². The molecule has 1 aliphatic rings. The summed E-state index contributed by atoms with van der Waals surface area (Å²) in [5.41, 5.74) is -2.63. The van der Waals surface area contributed by atoms with Gasteiger partial charge in [-0.1, -0.05) is 20.8 Å². The fraction of sp³-hybridized carbons (Fsp3) is 0.696. The largest absolute Gasteiger partial charge is 0.447 e. The molecule has 1 aromatic heterocycles. The second-order valence-electron chi connectivity index (χ2n) is 10.7. The lowest BCUT2D eigenvalue weighted by atomic mass is 9.94. The lowest BCUT2D eigenvalue weighted by Gasteiger charge is -2.31. The van der Waals surface area contributed by atoms with Crippen LogP contribution in [0.5, 0.6) is 0 Å². The van der Waals surface area contributed by atoms with E-state index < -0.39 is 72.2 Å². The zero-order chi connectivity index (χ0) is 28.9. The molecule has 1 aliphatic heterocycles. The number of aromatic nitrogens is 2. The average molecular weight is 549 g/mol. The third-order valence-corrected chi connectivity index (χ3v) is 5.05. The number of nitrogens with one attached hydrogen (secondary N) is 2. The Hall–Kier alpha value is -3.33. The highest BCUT2D eigenvalue weighted by atomic mass is 19.3. The summed E-state index contributed by atoms with van der Waals surface area (Å²) in [5, 5.41) is 13.6. The molecule has 214 valence electrons. The summed E-state index contributed by atoms with van der Waals surface area (Å²) in [4.78, 5) is 52.0. The number of aliphatic hydroxyl groups excluding tert-OH is 1. The maximum absolute atomic E-state index is 14.1. The predicted octanol–water partition coefficient (Wildman–Crippen LogP) is 2.39. The SMILES string of the molecule is CC(C)(C)C(=O)OC(OC(=O)NCCOC(=O)Nc1ccn([C@@H]2OC(CO)CC2(F)F)c(=O)n1)C(C)(C)C. The van der Waals surface area contributed by atoms with E-state index in [0.29, 0.717) is 4.57 Å². The summed E-state index contributed by atoms with van der Waals surface area (Å²) in [5.74, 6) is -4.22. The highest BCUT2D eigenvalue weighted by Crippen LogP contribution is 2.41. The molecular formula is C23H34F2N4O9. The van der Waals surface area contributed by atoms with E-state index in [1.54, 1.807) is 41.5 Å². The number of carbonyl (C=O) groups is 3. The van der Waals surface area contributed by atoms with Gasteiger partial charge in [-0.2, -0.15) is 4.98 Å². The summed E-state index contributed by atoms with van der Waals surface area (Å²) in [7, 11) is 0. The number of halogens is 2. The Morgan fingerprint density at radius 1 is 1.21 bits per heavy atom. The first-order valence-corrected chi connectivity index (χ1v) is 11.8. The van der Waals surface area contributed by atoms with Gasteiger partial charge < -0.3 is 29.4 Å². The van der Waals surface area contributed by atoms with Gasteiger partial charge in [-0.15, -0.1) is 0 Å². The molecule has 13 nitrogen and oxygen atoms in total. The van der Waals surface area contributed by atoms with Gasteiger partial charge in [0.05, 0.1) is 24.7 Å². The van der Waals surface area contributed by atoms with Crippen molar-refractivity contribution < 1.29 is 47.2 Å². The maximum atomic E-state index is 14.1. The summed E-state index contributed by atoms with van der Waals surface area (Å²) in [6.07, 6.45) is -5.96. The lowest BCUT2D eigenvalue weighted by molar-refractivity contribution is -0.194. The number of carbonyl (C=O) groups excluding carboxylic acids is 3. The molecule has 0 radical (unpaired) electrons. The number of anilines is 1. The highest BCUT2D eigenvalue weighted by molar-refractivity contribution is 5.83. The molecule has 1 fully saturated rings. The topological polar surface area (TPSA) is 167 Å². The van der Waals surface area contributed by atoms with Crippen LogP contribution in [0.3, 0.4) is 0 Å². The second-order valence-corrected chi connectivity index (χ2v) is 10.7. The molecule has 2 unspecified atom stereocenters. The van der Waals surface area contributed by atoms with Gasteiger partial charge in [0.15, 0.2) is 0 Å². The molecule has 0 aliphatic carbocycles. The molecular weight excluding hydrogens is 514 g/mol. The number of rotatable bonds is 8. The second kappa shape index (κ2) is 12.0. The first-order chi connectivity index (χ1) is 17.4. The molecule has 0 bridgehead atoms. The quantitative estimate of drug-likeness (QED) is 0.249. The van der Waals surface area contributed by atoms with Crippen molar-refractivity contribution >= 4 is 24.0 Å². The Morgan fingerprint density at radius 3 is 2.39 bits per heavy atom. The van der Waals surface area contributed by atoms with E-state index in [1.165, 1.54) is 0 Å². The van der Waals surface area contributed by atoms with Crippen molar-refractivity contribution in [1.82, 2.24) is 14.9 Å². The molecule has 0 aromatic carbocycles. The molecule has 1 aromatic rings. The number of hydrogen-bond acceptors (Lipinski definition) is 10. The minimum absolute atomic E-state index is 0.161. The van der Waals surface area contributed by atoms with E-state index >= 15 is 0 Å². The maximum Gasteiger partial charge on any atom is 0.412 e. The molecule has 3 atom stereocenters. The zero-order valence-corrected chi connectivity index (χ0v) is 22.1. The Labute approximate surface area is 217 Å². The van der Waals surface area contributed by atoms with Gasteiger partial charge in [0, 0.05) is 18.0 Å². The van der Waals surface area contributed by atoms with Crippen LogP contribution in [0.1, 0.15) is 54.2 Å². The lowest BCUT2D eigenvalue weighted by Crippen LogP contribution is -2.42. The first kappa shape index (κ1) is 30.9. The van der Waals surface area contributed by atoms with E-state index in [0.717, 1.165) is 12.3 Å². The van der Waals surface area contributed by atoms with Gasteiger partial charge in [-0.25, -0.2) is 23.2 Å². The molecule has 0 spiro atoms. The van der Waals surface area contributed by atoms with Gasteiger partial charge in [0.1, 0.15) is 12.4 Å². The third kappa shape index (κ3) is 8.62. The smallest absolute Gasteiger partial charge is 0.412 e. The summed E-state index contributed by atoms with van der Waals surface area (Å²) >= 11 is 0. The van der Waals surface area contributed by atoms with Crippen LogP contribution in [0.4, 0.5) is 24.2 Å².